The fourth-order valence-corrected chi connectivity index (χ4v) is 7.00. The highest BCUT2D eigenvalue weighted by molar-refractivity contribution is 5.96. The summed E-state index contributed by atoms with van der Waals surface area (Å²) < 4.78 is 2.35. The zero-order chi connectivity index (χ0) is 25.8. The molecule has 1 aromatic carbocycles. The molecule has 195 valence electrons. The average Bonchev–Trinajstić information content (AvgIpc) is 3.62. The average molecular weight is 506 g/mol. The summed E-state index contributed by atoms with van der Waals surface area (Å²) in [6.07, 6.45) is 17.3. The van der Waals surface area contributed by atoms with Crippen LogP contribution in [0.2, 0.25) is 0 Å². The summed E-state index contributed by atoms with van der Waals surface area (Å²) in [4.78, 5) is 19.2. The molecule has 1 radical (unpaired) electrons. The second-order valence-electron chi connectivity index (χ2n) is 11.8. The first-order valence-corrected chi connectivity index (χ1v) is 14.6. The molecule has 3 aliphatic carbocycles. The standard InChI is InChI=1S/C33H37N4O/c1-21-6-3-4-7-23(21)17-27-18-26-8-5-9-29(30(26)19-34-27)33-31-20-36(22(2)38)15-14-32(31)37(35-33)28-12-10-24-16-25(24)11-13-28/h5,8-9,16-19,21,28H,3-4,6-7,10-15,20H2,1-2H3/b23-17-/t21-/m0/s1. The van der Waals surface area contributed by atoms with Crippen molar-refractivity contribution in [2.24, 2.45) is 5.92 Å². The third-order valence-electron chi connectivity index (χ3n) is 9.41. The minimum Gasteiger partial charge on any atom is -0.338 e. The first kappa shape index (κ1) is 23.9. The molecule has 1 amide bonds. The van der Waals surface area contributed by atoms with Crippen molar-refractivity contribution in [3.05, 3.63) is 70.6 Å². The maximum atomic E-state index is 12.4. The fraction of sp³-hybridized carbons (Fsp3) is 0.455. The number of amides is 1. The second-order valence-corrected chi connectivity index (χ2v) is 11.8. The van der Waals surface area contributed by atoms with Crippen molar-refractivity contribution in [2.75, 3.05) is 6.54 Å². The number of allylic oxidation sites excluding steroid dienone is 3. The topological polar surface area (TPSA) is 51.0 Å². The van der Waals surface area contributed by atoms with Crippen LogP contribution in [0.5, 0.6) is 0 Å². The van der Waals surface area contributed by atoms with E-state index in [0.29, 0.717) is 18.5 Å². The van der Waals surface area contributed by atoms with E-state index in [1.807, 2.05) is 11.1 Å². The number of fused-ring (bicyclic) bond motifs is 3. The first-order chi connectivity index (χ1) is 18.5. The molecular weight excluding hydrogens is 468 g/mol. The fourth-order valence-electron chi connectivity index (χ4n) is 7.00. The van der Waals surface area contributed by atoms with Gasteiger partial charge in [0.1, 0.15) is 0 Å². The van der Waals surface area contributed by atoms with Crippen LogP contribution >= 0.6 is 0 Å². The highest BCUT2D eigenvalue weighted by Gasteiger charge is 2.34. The molecule has 2 atom stereocenters. The highest BCUT2D eigenvalue weighted by Crippen LogP contribution is 2.46. The SMILES string of the molecule is CC(=O)N1CCc2c(c(-c3cccc4cc(/C=C5/CCCC[C@@H]5C)ncc34)nn2C2CC[C]3C=C3CC2)C1. The Kier molecular flexibility index (Phi) is 5.98. The summed E-state index contributed by atoms with van der Waals surface area (Å²) in [5, 5.41) is 7.69. The van der Waals surface area contributed by atoms with Crippen LogP contribution in [0.4, 0.5) is 0 Å². The Hall–Kier alpha value is -3.21. The third kappa shape index (κ3) is 4.30. The number of hydrogen-bond donors (Lipinski definition) is 0. The normalized spacial score (nSPS) is 24.6. The van der Waals surface area contributed by atoms with Crippen LogP contribution in [-0.2, 0) is 17.8 Å². The van der Waals surface area contributed by atoms with Crippen molar-refractivity contribution in [3.63, 3.8) is 0 Å². The maximum absolute atomic E-state index is 12.4. The maximum Gasteiger partial charge on any atom is 0.219 e. The zero-order valence-corrected chi connectivity index (χ0v) is 22.7. The molecule has 3 aromatic rings. The third-order valence-corrected chi connectivity index (χ3v) is 9.41. The monoisotopic (exact) mass is 505 g/mol. The number of nitrogens with zero attached hydrogens (tertiary/aromatic N) is 4. The first-order valence-electron chi connectivity index (χ1n) is 14.6. The molecule has 7 rings (SSSR count). The summed E-state index contributed by atoms with van der Waals surface area (Å²) in [5.74, 6) is 2.36. The molecule has 0 saturated heterocycles. The Morgan fingerprint density at radius 2 is 1.97 bits per heavy atom. The van der Waals surface area contributed by atoms with E-state index in [1.165, 1.54) is 60.7 Å². The van der Waals surface area contributed by atoms with Gasteiger partial charge in [-0.3, -0.25) is 14.5 Å². The largest absolute Gasteiger partial charge is 0.338 e. The molecule has 0 bridgehead atoms. The minimum absolute atomic E-state index is 0.140. The van der Waals surface area contributed by atoms with Crippen molar-refractivity contribution < 1.29 is 4.79 Å². The van der Waals surface area contributed by atoms with E-state index in [4.69, 9.17) is 10.1 Å². The van der Waals surface area contributed by atoms with E-state index in [-0.39, 0.29) is 5.91 Å². The molecule has 3 heterocycles. The van der Waals surface area contributed by atoms with E-state index >= 15 is 0 Å². The molecule has 0 N–H and O–H groups in total. The summed E-state index contributed by atoms with van der Waals surface area (Å²) >= 11 is 0. The number of carbonyl (C=O) groups excluding carboxylic acids is 1. The summed E-state index contributed by atoms with van der Waals surface area (Å²) in [6.45, 7) is 5.45. The van der Waals surface area contributed by atoms with E-state index in [9.17, 15) is 4.79 Å². The Morgan fingerprint density at radius 1 is 1.08 bits per heavy atom. The zero-order valence-electron chi connectivity index (χ0n) is 22.7. The quantitative estimate of drug-likeness (QED) is 0.377. The van der Waals surface area contributed by atoms with E-state index in [0.717, 1.165) is 48.1 Å². The Balaban J connectivity index is 1.30. The van der Waals surface area contributed by atoms with Crippen LogP contribution in [-0.4, -0.2) is 32.1 Å². The van der Waals surface area contributed by atoms with Gasteiger partial charge in [-0.1, -0.05) is 48.8 Å². The van der Waals surface area contributed by atoms with Gasteiger partial charge in [0.05, 0.1) is 17.4 Å². The lowest BCUT2D eigenvalue weighted by Gasteiger charge is -2.28. The number of aromatic nitrogens is 3. The number of pyridine rings is 1. The van der Waals surface area contributed by atoms with Gasteiger partial charge in [-0.05, 0) is 68.4 Å². The smallest absolute Gasteiger partial charge is 0.219 e. The van der Waals surface area contributed by atoms with Crippen LogP contribution in [0.15, 0.2) is 47.7 Å². The second kappa shape index (κ2) is 9.52. The van der Waals surface area contributed by atoms with E-state index in [1.54, 1.807) is 18.4 Å². The molecule has 5 heteroatoms. The predicted molar refractivity (Wildman–Crippen MR) is 152 cm³/mol. The van der Waals surface area contributed by atoms with E-state index in [2.05, 4.69) is 48.0 Å². The van der Waals surface area contributed by atoms with Crippen molar-refractivity contribution in [1.29, 1.82) is 0 Å². The molecule has 2 fully saturated rings. The number of benzene rings is 1. The van der Waals surface area contributed by atoms with Gasteiger partial charge in [-0.15, -0.1) is 0 Å². The lowest BCUT2D eigenvalue weighted by Crippen LogP contribution is -2.35. The van der Waals surface area contributed by atoms with Crippen molar-refractivity contribution in [2.45, 2.75) is 84.2 Å². The van der Waals surface area contributed by atoms with Crippen molar-refractivity contribution in [1.82, 2.24) is 19.7 Å². The number of carbonyl (C=O) groups is 1. The lowest BCUT2D eigenvalue weighted by molar-refractivity contribution is -0.129. The lowest BCUT2D eigenvalue weighted by atomic mass is 9.85. The van der Waals surface area contributed by atoms with Gasteiger partial charge >= 0.3 is 0 Å². The molecule has 38 heavy (non-hydrogen) atoms. The van der Waals surface area contributed by atoms with Crippen LogP contribution in [0, 0.1) is 11.8 Å². The number of hydrogen-bond acceptors (Lipinski definition) is 3. The van der Waals surface area contributed by atoms with Crippen molar-refractivity contribution >= 4 is 22.8 Å². The van der Waals surface area contributed by atoms with Gasteiger partial charge in [-0.25, -0.2) is 0 Å². The summed E-state index contributed by atoms with van der Waals surface area (Å²) in [5.41, 5.74) is 8.88. The molecule has 4 aliphatic rings. The van der Waals surface area contributed by atoms with Crippen molar-refractivity contribution in [3.8, 4) is 11.3 Å². The summed E-state index contributed by atoms with van der Waals surface area (Å²) in [6, 6.07) is 9.19. The molecule has 1 aliphatic heterocycles. The number of rotatable bonds is 3. The molecule has 5 nitrogen and oxygen atoms in total. The highest BCUT2D eigenvalue weighted by atomic mass is 16.2. The summed E-state index contributed by atoms with van der Waals surface area (Å²) in [7, 11) is 0. The Bertz CT molecular complexity index is 1480. The van der Waals surface area contributed by atoms with Crippen LogP contribution < -0.4 is 0 Å². The van der Waals surface area contributed by atoms with Gasteiger partial charge in [0.15, 0.2) is 0 Å². The molecule has 2 aromatic heterocycles. The Morgan fingerprint density at radius 3 is 2.84 bits per heavy atom. The molecule has 2 saturated carbocycles. The van der Waals surface area contributed by atoms with E-state index < -0.39 is 0 Å². The van der Waals surface area contributed by atoms with Gasteiger partial charge < -0.3 is 4.90 Å². The molecular formula is C33H37N4O. The van der Waals surface area contributed by atoms with Crippen LogP contribution in [0.25, 0.3) is 28.1 Å². The Labute approximate surface area is 225 Å². The van der Waals surface area contributed by atoms with Gasteiger partial charge in [0.25, 0.3) is 0 Å². The molecule has 0 spiro atoms. The van der Waals surface area contributed by atoms with Gasteiger partial charge in [0, 0.05) is 60.8 Å². The predicted octanol–water partition coefficient (Wildman–Crippen LogP) is 7.23. The van der Waals surface area contributed by atoms with Gasteiger partial charge in [0.2, 0.25) is 5.91 Å². The van der Waals surface area contributed by atoms with Crippen LogP contribution in [0.3, 0.4) is 0 Å². The minimum atomic E-state index is 0.140. The molecule has 1 unspecified atom stereocenters. The van der Waals surface area contributed by atoms with Gasteiger partial charge in [-0.2, -0.15) is 5.10 Å². The van der Waals surface area contributed by atoms with Crippen LogP contribution in [0.1, 0.15) is 88.2 Å².